The molecule has 0 saturated carbocycles. The smallest absolute Gasteiger partial charge is 0.408 e. The first-order valence-corrected chi connectivity index (χ1v) is 21.3. The number of alkyl carbamates (subject to hydrolysis) is 1. The molecular weight excluding hydrogens is 789 g/mol. The summed E-state index contributed by atoms with van der Waals surface area (Å²) in [5, 5.41) is 11.0. The molecule has 17 nitrogen and oxygen atoms in total. The highest BCUT2D eigenvalue weighted by molar-refractivity contribution is 7.93. The molecule has 0 radical (unpaired) electrons. The molecule has 0 aliphatic carbocycles. The minimum Gasteiger partial charge on any atom is -0.460 e. The first-order valence-electron chi connectivity index (χ1n) is 19.3. The number of nitrogens with one attached hydrogen (secondary N) is 4. The van der Waals surface area contributed by atoms with Gasteiger partial charge in [-0.1, -0.05) is 50.3 Å². The van der Waals surface area contributed by atoms with E-state index in [0.29, 0.717) is 5.56 Å². The van der Waals surface area contributed by atoms with Crippen molar-refractivity contribution in [3.05, 3.63) is 47.4 Å². The zero-order valence-corrected chi connectivity index (χ0v) is 37.2. The monoisotopic (exact) mass is 852 g/mol. The van der Waals surface area contributed by atoms with Crippen LogP contribution in [0.2, 0.25) is 0 Å². The first-order chi connectivity index (χ1) is 26.9. The molecular formula is C41H64N4O13S. The molecule has 0 fully saturated rings. The van der Waals surface area contributed by atoms with Crippen LogP contribution in [0.5, 0.6) is 0 Å². The number of esters is 3. The normalized spacial score (nSPS) is 14.3. The Labute approximate surface area is 348 Å². The van der Waals surface area contributed by atoms with Crippen molar-refractivity contribution < 1.29 is 60.9 Å². The molecule has 0 aliphatic heterocycles. The van der Waals surface area contributed by atoms with Crippen molar-refractivity contribution in [3.63, 3.8) is 0 Å². The molecule has 0 spiro atoms. The molecule has 1 aromatic carbocycles. The number of amides is 4. The molecule has 4 atom stereocenters. The third kappa shape index (κ3) is 24.5. The molecule has 4 N–H and O–H groups in total. The maximum absolute atomic E-state index is 14.0. The van der Waals surface area contributed by atoms with Crippen LogP contribution in [0, 0.1) is 5.92 Å². The van der Waals surface area contributed by atoms with Crippen LogP contribution in [0.3, 0.4) is 0 Å². The van der Waals surface area contributed by atoms with Crippen molar-refractivity contribution in [2.45, 2.75) is 156 Å². The van der Waals surface area contributed by atoms with Crippen LogP contribution >= 0.6 is 0 Å². The molecule has 0 aromatic heterocycles. The van der Waals surface area contributed by atoms with Gasteiger partial charge in [-0.2, -0.15) is 0 Å². The van der Waals surface area contributed by atoms with E-state index in [2.05, 4.69) is 21.3 Å². The Morgan fingerprint density at radius 3 is 1.56 bits per heavy atom. The second-order valence-electron chi connectivity index (χ2n) is 17.4. The third-order valence-corrected chi connectivity index (χ3v) is 8.16. The van der Waals surface area contributed by atoms with Crippen LogP contribution < -0.4 is 21.3 Å². The van der Waals surface area contributed by atoms with Crippen molar-refractivity contribution in [2.24, 2.45) is 5.92 Å². The van der Waals surface area contributed by atoms with Gasteiger partial charge in [0.05, 0.1) is 12.5 Å². The lowest BCUT2D eigenvalue weighted by Crippen LogP contribution is -2.58. The van der Waals surface area contributed by atoms with Crippen molar-refractivity contribution in [1.82, 2.24) is 21.3 Å². The maximum Gasteiger partial charge on any atom is 0.408 e. The first kappa shape index (κ1) is 52.0. The van der Waals surface area contributed by atoms with E-state index in [1.54, 1.807) is 106 Å². The standard InChI is InChI=1S/C41H64N4O13S/c1-26(2)34(37(51)42-28(22-23-59(12,53)54)24-33(48)58-41(9,10)11)45-36(50)29(18-20-31(46)56-39(3,4)5)43-35(49)30(19-21-32(47)57-40(6,7)8)44-38(52)55-25-27-16-14-13-15-17-27/h13-17,22-23,26,28-30,34H,18-21,24-25H2,1-12H3,(H,42,51)(H,43,49)(H,44,52)(H,45,50). The van der Waals surface area contributed by atoms with Crippen molar-refractivity contribution in [3.8, 4) is 0 Å². The summed E-state index contributed by atoms with van der Waals surface area (Å²) in [4.78, 5) is 92.5. The summed E-state index contributed by atoms with van der Waals surface area (Å²) in [7, 11) is -3.67. The van der Waals surface area contributed by atoms with Crippen LogP contribution in [0.4, 0.5) is 4.79 Å². The van der Waals surface area contributed by atoms with Crippen LogP contribution in [-0.4, -0.2) is 97.4 Å². The minimum atomic E-state index is -3.67. The molecule has 4 unspecified atom stereocenters. The second-order valence-corrected chi connectivity index (χ2v) is 19.3. The second kappa shape index (κ2) is 23.0. The van der Waals surface area contributed by atoms with Gasteiger partial charge in [0.1, 0.15) is 41.5 Å². The molecule has 1 aromatic rings. The Kier molecular flexibility index (Phi) is 20.2. The summed E-state index contributed by atoms with van der Waals surface area (Å²) in [6.45, 7) is 18.0. The van der Waals surface area contributed by atoms with Crippen LogP contribution in [0.15, 0.2) is 41.8 Å². The van der Waals surface area contributed by atoms with E-state index in [1.807, 2.05) is 0 Å². The molecule has 0 heterocycles. The van der Waals surface area contributed by atoms with Gasteiger partial charge in [0, 0.05) is 24.5 Å². The van der Waals surface area contributed by atoms with Gasteiger partial charge in [-0.15, -0.1) is 0 Å². The zero-order valence-electron chi connectivity index (χ0n) is 36.4. The fourth-order valence-corrected chi connectivity index (χ4v) is 5.53. The lowest BCUT2D eigenvalue weighted by molar-refractivity contribution is -0.156. The average molecular weight is 853 g/mol. The molecule has 18 heteroatoms. The number of hydrogen-bond donors (Lipinski definition) is 4. The van der Waals surface area contributed by atoms with Gasteiger partial charge in [-0.3, -0.25) is 28.8 Å². The highest BCUT2D eigenvalue weighted by atomic mass is 32.2. The zero-order chi connectivity index (χ0) is 45.4. The number of ether oxygens (including phenoxy) is 4. The van der Waals surface area contributed by atoms with Crippen LogP contribution in [0.1, 0.15) is 114 Å². The summed E-state index contributed by atoms with van der Waals surface area (Å²) >= 11 is 0. The summed E-state index contributed by atoms with van der Waals surface area (Å²) in [6, 6.07) is 3.37. The number of hydrogen-bond acceptors (Lipinski definition) is 13. The quantitative estimate of drug-likeness (QED) is 0.108. The van der Waals surface area contributed by atoms with Gasteiger partial charge in [-0.25, -0.2) is 13.2 Å². The predicted octanol–water partition coefficient (Wildman–Crippen LogP) is 3.93. The number of benzene rings is 1. The largest absolute Gasteiger partial charge is 0.460 e. The molecule has 59 heavy (non-hydrogen) atoms. The Hall–Kier alpha value is -5.00. The number of rotatable bonds is 20. The maximum atomic E-state index is 14.0. The summed E-state index contributed by atoms with van der Waals surface area (Å²) < 4.78 is 45.2. The summed E-state index contributed by atoms with van der Waals surface area (Å²) in [5.41, 5.74) is -1.90. The highest BCUT2D eigenvalue weighted by Crippen LogP contribution is 2.15. The van der Waals surface area contributed by atoms with Gasteiger partial charge in [-0.05, 0) is 86.6 Å². The predicted molar refractivity (Wildman–Crippen MR) is 219 cm³/mol. The van der Waals surface area contributed by atoms with Crippen molar-refractivity contribution in [2.75, 3.05) is 6.26 Å². The fraction of sp³-hybridized carbons (Fsp3) is 0.634. The molecule has 0 bridgehead atoms. The Morgan fingerprint density at radius 2 is 1.10 bits per heavy atom. The molecule has 1 rings (SSSR count). The van der Waals surface area contributed by atoms with Gasteiger partial charge in [0.25, 0.3) is 0 Å². The third-order valence-electron chi connectivity index (χ3n) is 7.51. The summed E-state index contributed by atoms with van der Waals surface area (Å²) in [5.74, 6) is -5.27. The molecule has 332 valence electrons. The van der Waals surface area contributed by atoms with Crippen molar-refractivity contribution >= 4 is 51.6 Å². The topological polar surface area (TPSA) is 239 Å². The number of sulfone groups is 1. The van der Waals surface area contributed by atoms with E-state index in [4.69, 9.17) is 18.9 Å². The Morgan fingerprint density at radius 1 is 0.644 bits per heavy atom. The molecule has 0 saturated heterocycles. The lowest BCUT2D eigenvalue weighted by atomic mass is 10.0. The number of carbonyl (C=O) groups is 7. The van der Waals surface area contributed by atoms with Gasteiger partial charge in [0.2, 0.25) is 17.7 Å². The average Bonchev–Trinajstić information content (AvgIpc) is 3.06. The van der Waals surface area contributed by atoms with E-state index in [-0.39, 0.29) is 32.3 Å². The Bertz CT molecular complexity index is 1740. The lowest BCUT2D eigenvalue weighted by Gasteiger charge is -2.28. The van der Waals surface area contributed by atoms with Crippen LogP contribution in [-0.2, 0) is 64.2 Å². The van der Waals surface area contributed by atoms with Crippen molar-refractivity contribution in [1.29, 1.82) is 0 Å². The summed E-state index contributed by atoms with van der Waals surface area (Å²) in [6.07, 6.45) is -0.607. The SMILES string of the molecule is CC(C)C(NC(=O)C(CCC(=O)OC(C)(C)C)NC(=O)C(CCC(=O)OC(C)(C)C)NC(=O)OCc1ccccc1)C(=O)NC(C=CS(C)(=O)=O)CC(=O)OC(C)(C)C. The van der Waals surface area contributed by atoms with E-state index >= 15 is 0 Å². The minimum absolute atomic E-state index is 0.130. The highest BCUT2D eigenvalue weighted by Gasteiger charge is 2.33. The van der Waals surface area contributed by atoms with E-state index in [1.165, 1.54) is 0 Å². The van der Waals surface area contributed by atoms with Gasteiger partial charge in [0.15, 0.2) is 9.84 Å². The van der Waals surface area contributed by atoms with Gasteiger partial charge < -0.3 is 40.2 Å². The molecule has 4 amide bonds. The van der Waals surface area contributed by atoms with E-state index in [9.17, 15) is 42.0 Å². The fourth-order valence-electron chi connectivity index (χ4n) is 5.06. The van der Waals surface area contributed by atoms with Gasteiger partial charge >= 0.3 is 24.0 Å². The Balaban J connectivity index is 3.44. The van der Waals surface area contributed by atoms with E-state index < -0.39 is 105 Å². The molecule has 0 aliphatic rings. The van der Waals surface area contributed by atoms with Crippen LogP contribution in [0.25, 0.3) is 0 Å². The number of carbonyl (C=O) groups excluding carboxylic acids is 7. The van der Waals surface area contributed by atoms with E-state index in [0.717, 1.165) is 17.7 Å².